The van der Waals surface area contributed by atoms with Gasteiger partial charge in [0.1, 0.15) is 12.7 Å². The Bertz CT molecular complexity index is 913. The zero-order chi connectivity index (χ0) is 17.6. The molecule has 0 amide bonds. The van der Waals surface area contributed by atoms with E-state index in [1.54, 1.807) is 0 Å². The standard InChI is InChI=1S/C19H14N2O4/c1-23-17-9-14(11-20)15(19(22)16-7-8-21-25-16)10-18(17)24-12-13-5-3-2-4-6-13/h2-10H,12H2,1H3. The fourth-order valence-electron chi connectivity index (χ4n) is 2.31. The van der Waals surface area contributed by atoms with Crippen LogP contribution in [0.3, 0.4) is 0 Å². The molecule has 6 nitrogen and oxygen atoms in total. The molecule has 0 unspecified atom stereocenters. The Morgan fingerprint density at radius 1 is 1.20 bits per heavy atom. The second-order valence-electron chi connectivity index (χ2n) is 5.14. The topological polar surface area (TPSA) is 85.4 Å². The highest BCUT2D eigenvalue weighted by atomic mass is 16.5. The highest BCUT2D eigenvalue weighted by Gasteiger charge is 2.21. The van der Waals surface area contributed by atoms with Crippen molar-refractivity contribution in [3.8, 4) is 17.6 Å². The molecular formula is C19H14N2O4. The van der Waals surface area contributed by atoms with Crippen molar-refractivity contribution < 1.29 is 18.8 Å². The maximum Gasteiger partial charge on any atom is 0.232 e. The first-order valence-electron chi connectivity index (χ1n) is 7.47. The lowest BCUT2D eigenvalue weighted by atomic mass is 10.0. The van der Waals surface area contributed by atoms with E-state index in [9.17, 15) is 10.1 Å². The van der Waals surface area contributed by atoms with E-state index >= 15 is 0 Å². The van der Waals surface area contributed by atoms with Crippen LogP contribution in [0.15, 0.2) is 59.3 Å². The molecule has 0 aliphatic carbocycles. The molecule has 1 heterocycles. The minimum absolute atomic E-state index is 0.0516. The van der Waals surface area contributed by atoms with Gasteiger partial charge in [-0.3, -0.25) is 4.79 Å². The van der Waals surface area contributed by atoms with Crippen molar-refractivity contribution in [1.82, 2.24) is 5.16 Å². The summed E-state index contributed by atoms with van der Waals surface area (Å²) in [6.45, 7) is 0.305. The fraction of sp³-hybridized carbons (Fsp3) is 0.105. The van der Waals surface area contributed by atoms with Crippen molar-refractivity contribution in [2.75, 3.05) is 7.11 Å². The number of rotatable bonds is 6. The molecule has 0 fully saturated rings. The van der Waals surface area contributed by atoms with Crippen molar-refractivity contribution in [1.29, 1.82) is 5.26 Å². The van der Waals surface area contributed by atoms with E-state index in [4.69, 9.17) is 14.0 Å². The molecule has 3 rings (SSSR count). The van der Waals surface area contributed by atoms with Crippen molar-refractivity contribution in [2.24, 2.45) is 0 Å². The number of aromatic nitrogens is 1. The van der Waals surface area contributed by atoms with Crippen LogP contribution in [0.1, 0.15) is 27.2 Å². The summed E-state index contributed by atoms with van der Waals surface area (Å²) in [5, 5.41) is 12.9. The van der Waals surface area contributed by atoms with Crippen LogP contribution in [-0.4, -0.2) is 18.0 Å². The third-order valence-electron chi connectivity index (χ3n) is 3.57. The Kier molecular flexibility index (Phi) is 4.77. The highest BCUT2D eigenvalue weighted by Crippen LogP contribution is 2.32. The number of ketones is 1. The number of ether oxygens (including phenoxy) is 2. The third-order valence-corrected chi connectivity index (χ3v) is 3.57. The summed E-state index contributed by atoms with van der Waals surface area (Å²) in [7, 11) is 1.48. The van der Waals surface area contributed by atoms with Crippen molar-refractivity contribution in [2.45, 2.75) is 6.61 Å². The average Bonchev–Trinajstić information content (AvgIpc) is 3.20. The minimum atomic E-state index is -0.443. The number of nitrogens with zero attached hydrogens (tertiary/aromatic N) is 2. The maximum absolute atomic E-state index is 12.5. The zero-order valence-electron chi connectivity index (χ0n) is 13.4. The normalized spacial score (nSPS) is 10.1. The van der Waals surface area contributed by atoms with E-state index in [0.717, 1.165) is 5.56 Å². The van der Waals surface area contributed by atoms with Gasteiger partial charge in [-0.25, -0.2) is 0 Å². The molecular weight excluding hydrogens is 320 g/mol. The average molecular weight is 334 g/mol. The molecule has 0 bridgehead atoms. The summed E-state index contributed by atoms with van der Waals surface area (Å²) >= 11 is 0. The number of carbonyl (C=O) groups excluding carboxylic acids is 1. The van der Waals surface area contributed by atoms with Crippen LogP contribution in [0.25, 0.3) is 0 Å². The molecule has 0 radical (unpaired) electrons. The monoisotopic (exact) mass is 334 g/mol. The second kappa shape index (κ2) is 7.32. The first-order valence-corrected chi connectivity index (χ1v) is 7.47. The Morgan fingerprint density at radius 3 is 2.64 bits per heavy atom. The Balaban J connectivity index is 1.95. The number of hydrogen-bond donors (Lipinski definition) is 0. The van der Waals surface area contributed by atoms with Gasteiger partial charge in [0.15, 0.2) is 11.5 Å². The van der Waals surface area contributed by atoms with Crippen molar-refractivity contribution in [3.63, 3.8) is 0 Å². The van der Waals surface area contributed by atoms with Crippen LogP contribution in [-0.2, 0) is 6.61 Å². The molecule has 0 N–H and O–H groups in total. The van der Waals surface area contributed by atoms with Crippen LogP contribution in [0, 0.1) is 11.3 Å². The Morgan fingerprint density at radius 2 is 2.00 bits per heavy atom. The molecule has 1 aromatic heterocycles. The van der Waals surface area contributed by atoms with Crippen LogP contribution in [0.4, 0.5) is 0 Å². The lowest BCUT2D eigenvalue weighted by Crippen LogP contribution is -2.06. The molecule has 124 valence electrons. The van der Waals surface area contributed by atoms with E-state index in [1.165, 1.54) is 31.5 Å². The van der Waals surface area contributed by atoms with Crippen LogP contribution in [0.2, 0.25) is 0 Å². The molecule has 0 spiro atoms. The SMILES string of the molecule is COc1cc(C#N)c(C(=O)c2ccno2)cc1OCc1ccccc1. The van der Waals surface area contributed by atoms with Gasteiger partial charge in [-0.15, -0.1) is 0 Å². The molecule has 0 aliphatic heterocycles. The van der Waals surface area contributed by atoms with E-state index in [0.29, 0.717) is 18.1 Å². The summed E-state index contributed by atoms with van der Waals surface area (Å²) in [4.78, 5) is 12.5. The van der Waals surface area contributed by atoms with E-state index < -0.39 is 5.78 Å². The predicted octanol–water partition coefficient (Wildman–Crippen LogP) is 3.36. The largest absolute Gasteiger partial charge is 0.493 e. The molecule has 3 aromatic rings. The fourth-order valence-corrected chi connectivity index (χ4v) is 2.31. The van der Waals surface area contributed by atoms with Crippen LogP contribution in [0.5, 0.6) is 11.5 Å². The third kappa shape index (κ3) is 3.51. The van der Waals surface area contributed by atoms with Crippen LogP contribution < -0.4 is 9.47 Å². The maximum atomic E-state index is 12.5. The highest BCUT2D eigenvalue weighted by molar-refractivity contribution is 6.09. The van der Waals surface area contributed by atoms with Gasteiger partial charge >= 0.3 is 0 Å². The number of methoxy groups -OCH3 is 1. The minimum Gasteiger partial charge on any atom is -0.493 e. The summed E-state index contributed by atoms with van der Waals surface area (Å²) in [5.41, 5.74) is 1.31. The van der Waals surface area contributed by atoms with Gasteiger partial charge < -0.3 is 14.0 Å². The Hall–Kier alpha value is -3.59. The Labute approximate surface area is 144 Å². The van der Waals surface area contributed by atoms with Gasteiger partial charge in [0, 0.05) is 17.7 Å². The molecule has 0 atom stereocenters. The number of hydrogen-bond acceptors (Lipinski definition) is 6. The quantitative estimate of drug-likeness (QED) is 0.643. The summed E-state index contributed by atoms with van der Waals surface area (Å²) in [6.07, 6.45) is 1.37. The molecule has 0 saturated heterocycles. The number of carbonyl (C=O) groups is 1. The van der Waals surface area contributed by atoms with Gasteiger partial charge in [-0.1, -0.05) is 35.5 Å². The van der Waals surface area contributed by atoms with Gasteiger partial charge in [0.25, 0.3) is 0 Å². The van der Waals surface area contributed by atoms with Gasteiger partial charge in [-0.05, 0) is 11.6 Å². The van der Waals surface area contributed by atoms with E-state index in [2.05, 4.69) is 5.16 Å². The summed E-state index contributed by atoms with van der Waals surface area (Å²) in [5.74, 6) is 0.353. The smallest absolute Gasteiger partial charge is 0.232 e. The lowest BCUT2D eigenvalue weighted by molar-refractivity contribution is 0.0999. The van der Waals surface area contributed by atoms with Gasteiger partial charge in [0.05, 0.1) is 18.9 Å². The molecule has 0 saturated carbocycles. The molecule has 2 aromatic carbocycles. The number of nitriles is 1. The van der Waals surface area contributed by atoms with E-state index in [1.807, 2.05) is 36.4 Å². The summed E-state index contributed by atoms with van der Waals surface area (Å²) < 4.78 is 16.0. The summed E-state index contributed by atoms with van der Waals surface area (Å²) in [6, 6.07) is 16.0. The molecule has 0 aliphatic rings. The van der Waals surface area contributed by atoms with Crippen LogP contribution >= 0.6 is 0 Å². The second-order valence-corrected chi connectivity index (χ2v) is 5.14. The molecule has 6 heteroatoms. The predicted molar refractivity (Wildman–Crippen MR) is 88.4 cm³/mol. The number of benzene rings is 2. The lowest BCUT2D eigenvalue weighted by Gasteiger charge is -2.13. The van der Waals surface area contributed by atoms with Gasteiger partial charge in [0.2, 0.25) is 11.5 Å². The molecule has 25 heavy (non-hydrogen) atoms. The first kappa shape index (κ1) is 16.3. The zero-order valence-corrected chi connectivity index (χ0v) is 13.4. The van der Waals surface area contributed by atoms with Crippen molar-refractivity contribution in [3.05, 3.63) is 77.2 Å². The van der Waals surface area contributed by atoms with E-state index in [-0.39, 0.29) is 16.9 Å². The van der Waals surface area contributed by atoms with Gasteiger partial charge in [-0.2, -0.15) is 5.26 Å². The van der Waals surface area contributed by atoms with Crippen molar-refractivity contribution >= 4 is 5.78 Å². The first-order chi connectivity index (χ1) is 12.2.